The van der Waals surface area contributed by atoms with Crippen molar-refractivity contribution in [3.05, 3.63) is 48.5 Å². The molecular weight excluding hydrogens is 386 g/mol. The van der Waals surface area contributed by atoms with Crippen LogP contribution in [0.1, 0.15) is 31.4 Å². The van der Waals surface area contributed by atoms with Gasteiger partial charge in [-0.2, -0.15) is 0 Å². The minimum absolute atomic E-state index is 0.221. The highest BCUT2D eigenvalue weighted by Gasteiger charge is 2.49. The minimum Gasteiger partial charge on any atom is -0.497 e. The molecule has 0 spiro atoms. The van der Waals surface area contributed by atoms with E-state index < -0.39 is 17.5 Å². The molecule has 9 nitrogen and oxygen atoms in total. The third-order valence-electron chi connectivity index (χ3n) is 6.00. The van der Waals surface area contributed by atoms with E-state index in [2.05, 4.69) is 14.9 Å². The van der Waals surface area contributed by atoms with Crippen LogP contribution >= 0.6 is 0 Å². The van der Waals surface area contributed by atoms with Crippen molar-refractivity contribution in [2.75, 3.05) is 26.7 Å². The number of urea groups is 1. The van der Waals surface area contributed by atoms with Crippen LogP contribution in [0.4, 0.5) is 4.79 Å². The lowest BCUT2D eigenvalue weighted by Crippen LogP contribution is -2.46. The number of hydrogen-bond donors (Lipinski definition) is 1. The van der Waals surface area contributed by atoms with Gasteiger partial charge in [-0.3, -0.25) is 14.5 Å². The zero-order valence-corrected chi connectivity index (χ0v) is 17.1. The Kier molecular flexibility index (Phi) is 5.19. The van der Waals surface area contributed by atoms with E-state index in [1.54, 1.807) is 55.7 Å². The van der Waals surface area contributed by atoms with E-state index in [0.29, 0.717) is 30.4 Å². The minimum atomic E-state index is -1.21. The van der Waals surface area contributed by atoms with Gasteiger partial charge in [0.05, 0.1) is 13.4 Å². The number of piperidine rings is 1. The summed E-state index contributed by atoms with van der Waals surface area (Å²) in [7, 11) is 1.56. The second-order valence-corrected chi connectivity index (χ2v) is 7.80. The van der Waals surface area contributed by atoms with Crippen molar-refractivity contribution in [2.24, 2.45) is 0 Å². The Hall–Kier alpha value is -3.36. The fourth-order valence-corrected chi connectivity index (χ4v) is 4.09. The van der Waals surface area contributed by atoms with Crippen molar-refractivity contribution in [2.45, 2.75) is 31.3 Å². The number of rotatable bonds is 5. The number of methoxy groups -OCH3 is 1. The average Bonchev–Trinajstić information content (AvgIpc) is 3.38. The predicted octanol–water partition coefficient (Wildman–Crippen LogP) is 1.52. The molecule has 2 aliphatic rings. The van der Waals surface area contributed by atoms with Gasteiger partial charge in [0.15, 0.2) is 0 Å². The number of nitrogens with zero attached hydrogens (tertiary/aromatic N) is 4. The number of likely N-dealkylation sites (tertiary alicyclic amines) is 1. The van der Waals surface area contributed by atoms with Crippen LogP contribution in [0.3, 0.4) is 0 Å². The smallest absolute Gasteiger partial charge is 0.325 e. The molecule has 4 rings (SSSR count). The number of benzene rings is 1. The highest BCUT2D eigenvalue weighted by atomic mass is 16.5. The number of aromatic nitrogens is 2. The molecule has 2 saturated heterocycles. The first-order valence-electron chi connectivity index (χ1n) is 9.96. The monoisotopic (exact) mass is 411 g/mol. The number of imidazole rings is 1. The Balaban J connectivity index is 1.40. The lowest BCUT2D eigenvalue weighted by molar-refractivity contribution is -0.139. The third-order valence-corrected chi connectivity index (χ3v) is 6.00. The first-order valence-corrected chi connectivity index (χ1v) is 9.96. The van der Waals surface area contributed by atoms with Crippen LogP contribution in [0, 0.1) is 0 Å². The zero-order chi connectivity index (χ0) is 21.3. The summed E-state index contributed by atoms with van der Waals surface area (Å²) in [6.07, 6.45) is 7.08. The molecule has 158 valence electrons. The van der Waals surface area contributed by atoms with Gasteiger partial charge in [-0.15, -0.1) is 0 Å². The Morgan fingerprint density at radius 3 is 2.53 bits per heavy atom. The van der Waals surface area contributed by atoms with E-state index in [4.69, 9.17) is 4.74 Å². The summed E-state index contributed by atoms with van der Waals surface area (Å²) in [5.41, 5.74) is -0.573. The predicted molar refractivity (Wildman–Crippen MR) is 108 cm³/mol. The quantitative estimate of drug-likeness (QED) is 0.753. The molecule has 2 aliphatic heterocycles. The summed E-state index contributed by atoms with van der Waals surface area (Å²) in [6, 6.07) is 6.70. The van der Waals surface area contributed by atoms with Crippen molar-refractivity contribution in [3.8, 4) is 5.75 Å². The molecule has 0 radical (unpaired) electrons. The van der Waals surface area contributed by atoms with Crippen LogP contribution in [-0.4, -0.2) is 63.9 Å². The molecule has 2 fully saturated rings. The van der Waals surface area contributed by atoms with Crippen LogP contribution < -0.4 is 10.1 Å². The fourth-order valence-electron chi connectivity index (χ4n) is 4.09. The van der Waals surface area contributed by atoms with Gasteiger partial charge < -0.3 is 19.5 Å². The lowest BCUT2D eigenvalue weighted by atomic mass is 9.92. The average molecular weight is 411 g/mol. The highest BCUT2D eigenvalue weighted by Crippen LogP contribution is 2.30. The standard InChI is InChI=1S/C21H25N5O4/c1-21(15-3-5-17(30-2)6-4-15)19(28)26(20(29)23-21)13-18(27)24-10-7-16(8-11-24)25-12-9-22-14-25/h3-6,9,12,14,16H,7-8,10-11,13H2,1-2H3,(H,23,29). The summed E-state index contributed by atoms with van der Waals surface area (Å²) >= 11 is 0. The first-order chi connectivity index (χ1) is 14.4. The summed E-state index contributed by atoms with van der Waals surface area (Å²) in [5.74, 6) is 0.00568. The van der Waals surface area contributed by atoms with Crippen molar-refractivity contribution in [3.63, 3.8) is 0 Å². The summed E-state index contributed by atoms with van der Waals surface area (Å²) in [5, 5.41) is 2.73. The van der Waals surface area contributed by atoms with Gasteiger partial charge in [0, 0.05) is 31.5 Å². The Bertz CT molecular complexity index is 935. The Morgan fingerprint density at radius 1 is 1.23 bits per heavy atom. The van der Waals surface area contributed by atoms with Crippen LogP contribution in [0.2, 0.25) is 0 Å². The number of carbonyl (C=O) groups excluding carboxylic acids is 3. The molecule has 1 aromatic heterocycles. The van der Waals surface area contributed by atoms with Gasteiger partial charge in [-0.25, -0.2) is 9.78 Å². The van der Waals surface area contributed by atoms with E-state index in [1.165, 1.54) is 0 Å². The normalized spacial score (nSPS) is 22.3. The summed E-state index contributed by atoms with van der Waals surface area (Å²) < 4.78 is 7.20. The second-order valence-electron chi connectivity index (χ2n) is 7.80. The number of hydrogen-bond acceptors (Lipinski definition) is 5. The second kappa shape index (κ2) is 7.81. The fraction of sp³-hybridized carbons (Fsp3) is 0.429. The maximum atomic E-state index is 13.0. The number of nitrogens with one attached hydrogen (secondary N) is 1. The van der Waals surface area contributed by atoms with Crippen molar-refractivity contribution in [1.29, 1.82) is 0 Å². The first kappa shape index (κ1) is 19.9. The molecule has 0 bridgehead atoms. The van der Waals surface area contributed by atoms with Crippen LogP contribution in [-0.2, 0) is 15.1 Å². The van der Waals surface area contributed by atoms with Gasteiger partial charge in [-0.1, -0.05) is 12.1 Å². The summed E-state index contributed by atoms with van der Waals surface area (Å²) in [4.78, 5) is 45.1. The topological polar surface area (TPSA) is 96.8 Å². The number of amides is 4. The van der Waals surface area contributed by atoms with Crippen LogP contribution in [0.15, 0.2) is 43.0 Å². The van der Waals surface area contributed by atoms with Gasteiger partial charge in [0.25, 0.3) is 5.91 Å². The zero-order valence-electron chi connectivity index (χ0n) is 17.1. The maximum Gasteiger partial charge on any atom is 0.325 e. The van der Waals surface area contributed by atoms with Gasteiger partial charge >= 0.3 is 6.03 Å². The molecule has 30 heavy (non-hydrogen) atoms. The largest absolute Gasteiger partial charge is 0.497 e. The molecule has 2 aromatic rings. The van der Waals surface area contributed by atoms with Crippen LogP contribution in [0.5, 0.6) is 5.75 Å². The SMILES string of the molecule is COc1ccc(C2(C)NC(=O)N(CC(=O)N3CCC(n4ccnc4)CC3)C2=O)cc1. The van der Waals surface area contributed by atoms with Crippen molar-refractivity contribution >= 4 is 17.8 Å². The molecule has 1 N–H and O–H groups in total. The van der Waals surface area contributed by atoms with E-state index in [1.807, 2.05) is 6.20 Å². The maximum absolute atomic E-state index is 13.0. The lowest BCUT2D eigenvalue weighted by Gasteiger charge is -2.33. The van der Waals surface area contributed by atoms with E-state index in [-0.39, 0.29) is 12.5 Å². The summed E-state index contributed by atoms with van der Waals surface area (Å²) in [6.45, 7) is 2.56. The molecule has 0 aliphatic carbocycles. The molecule has 1 atom stereocenters. The Morgan fingerprint density at radius 2 is 1.93 bits per heavy atom. The third kappa shape index (κ3) is 3.51. The highest BCUT2D eigenvalue weighted by molar-refractivity contribution is 6.09. The molecule has 4 amide bonds. The van der Waals surface area contributed by atoms with E-state index >= 15 is 0 Å². The molecule has 0 saturated carbocycles. The molecule has 1 unspecified atom stereocenters. The van der Waals surface area contributed by atoms with E-state index in [0.717, 1.165) is 17.7 Å². The Labute approximate surface area is 174 Å². The van der Waals surface area contributed by atoms with Gasteiger partial charge in [0.1, 0.15) is 17.8 Å². The molecular formula is C21H25N5O4. The van der Waals surface area contributed by atoms with E-state index in [9.17, 15) is 14.4 Å². The van der Waals surface area contributed by atoms with Crippen molar-refractivity contribution in [1.82, 2.24) is 24.7 Å². The van der Waals surface area contributed by atoms with Gasteiger partial charge in [0.2, 0.25) is 5.91 Å². The molecule has 3 heterocycles. The van der Waals surface area contributed by atoms with Crippen molar-refractivity contribution < 1.29 is 19.1 Å². The number of imide groups is 1. The molecule has 1 aromatic carbocycles. The number of ether oxygens (including phenoxy) is 1. The molecule has 9 heteroatoms. The van der Waals surface area contributed by atoms with Crippen LogP contribution in [0.25, 0.3) is 0 Å². The number of carbonyl (C=O) groups is 3. The van der Waals surface area contributed by atoms with Gasteiger partial charge in [-0.05, 0) is 37.5 Å².